The number of hydrogen-bond acceptors (Lipinski definition) is 5. The van der Waals surface area contributed by atoms with E-state index in [9.17, 15) is 13.2 Å². The van der Waals surface area contributed by atoms with Crippen LogP contribution in [-0.4, -0.2) is 57.7 Å². The number of amides is 1. The number of fused-ring (bicyclic) bond motifs is 1. The highest BCUT2D eigenvalue weighted by molar-refractivity contribution is 7.99. The zero-order valence-corrected chi connectivity index (χ0v) is 18.4. The van der Waals surface area contributed by atoms with Crippen molar-refractivity contribution in [1.82, 2.24) is 9.62 Å². The van der Waals surface area contributed by atoms with Crippen molar-refractivity contribution in [3.63, 3.8) is 0 Å². The van der Waals surface area contributed by atoms with Crippen LogP contribution in [0.5, 0.6) is 0 Å². The molecule has 1 aromatic rings. The minimum atomic E-state index is -3.58. The molecule has 1 N–H and O–H groups in total. The van der Waals surface area contributed by atoms with Crippen molar-refractivity contribution >= 4 is 33.4 Å². The molecule has 0 aliphatic carbocycles. The normalized spacial score (nSPS) is 21.2. The van der Waals surface area contributed by atoms with Crippen LogP contribution in [0.3, 0.4) is 0 Å². The van der Waals surface area contributed by atoms with Gasteiger partial charge in [-0.05, 0) is 68.6 Å². The molecule has 1 fully saturated rings. The number of benzene rings is 1. The number of hydrogen-bond donors (Lipinski definition) is 1. The summed E-state index contributed by atoms with van der Waals surface area (Å²) in [7, 11) is -3.58. The maximum atomic E-state index is 12.7. The van der Waals surface area contributed by atoms with E-state index in [2.05, 4.69) is 16.5 Å². The van der Waals surface area contributed by atoms with Crippen molar-refractivity contribution in [1.29, 1.82) is 0 Å². The van der Waals surface area contributed by atoms with E-state index in [0.717, 1.165) is 49.0 Å². The number of nitrogens with zero attached hydrogens (tertiary/aromatic N) is 2. The molecule has 1 atom stereocenters. The summed E-state index contributed by atoms with van der Waals surface area (Å²) in [5.74, 6) is 1.60. The lowest BCUT2D eigenvalue weighted by Crippen LogP contribution is -2.36. The Morgan fingerprint density at radius 3 is 2.86 bits per heavy atom. The third-order valence-electron chi connectivity index (χ3n) is 5.38. The van der Waals surface area contributed by atoms with Gasteiger partial charge in [-0.1, -0.05) is 6.92 Å². The van der Waals surface area contributed by atoms with E-state index in [4.69, 9.17) is 0 Å². The second-order valence-corrected chi connectivity index (χ2v) is 10.7. The summed E-state index contributed by atoms with van der Waals surface area (Å²) in [6, 6.07) is 5.11. The Kier molecular flexibility index (Phi) is 7.42. The fourth-order valence-electron chi connectivity index (χ4n) is 3.93. The monoisotopic (exact) mass is 425 g/mol. The molecule has 0 radical (unpaired) electrons. The summed E-state index contributed by atoms with van der Waals surface area (Å²) in [5.41, 5.74) is 0.708. The molecule has 2 aliphatic rings. The van der Waals surface area contributed by atoms with Crippen LogP contribution in [0.25, 0.3) is 0 Å². The van der Waals surface area contributed by atoms with Crippen molar-refractivity contribution in [2.75, 3.05) is 43.4 Å². The first kappa shape index (κ1) is 21.6. The molecule has 2 aliphatic heterocycles. The van der Waals surface area contributed by atoms with Crippen LogP contribution in [-0.2, 0) is 14.8 Å². The van der Waals surface area contributed by atoms with Crippen LogP contribution in [0.2, 0.25) is 0 Å². The molecule has 1 saturated heterocycles. The summed E-state index contributed by atoms with van der Waals surface area (Å²) in [6.45, 7) is 7.99. The maximum absolute atomic E-state index is 12.7. The van der Waals surface area contributed by atoms with E-state index < -0.39 is 10.0 Å². The molecular weight excluding hydrogens is 394 g/mol. The Morgan fingerprint density at radius 2 is 2.11 bits per heavy atom. The van der Waals surface area contributed by atoms with Gasteiger partial charge in [-0.3, -0.25) is 4.79 Å². The number of thioether (sulfide) groups is 1. The summed E-state index contributed by atoms with van der Waals surface area (Å²) < 4.78 is 28.2. The van der Waals surface area contributed by atoms with Crippen LogP contribution in [0.1, 0.15) is 39.5 Å². The molecule has 1 amide bonds. The first-order valence-electron chi connectivity index (χ1n) is 10.1. The number of carbonyl (C=O) groups is 1. The number of nitrogens with one attached hydrogen (secondary N) is 1. The number of rotatable bonds is 6. The fraction of sp³-hybridized carbons (Fsp3) is 0.650. The number of carbonyl (C=O) groups excluding carboxylic acids is 1. The molecule has 1 aromatic carbocycles. The summed E-state index contributed by atoms with van der Waals surface area (Å²) in [4.78, 5) is 17.3. The van der Waals surface area contributed by atoms with Crippen LogP contribution in [0.15, 0.2) is 28.0 Å². The Bertz CT molecular complexity index is 798. The second-order valence-electron chi connectivity index (χ2n) is 7.80. The summed E-state index contributed by atoms with van der Waals surface area (Å²) in [5, 5.41) is 0. The van der Waals surface area contributed by atoms with Crippen LogP contribution in [0, 0.1) is 5.92 Å². The average molecular weight is 426 g/mol. The lowest BCUT2D eigenvalue weighted by Gasteiger charge is -2.30. The van der Waals surface area contributed by atoms with Crippen LogP contribution in [0.4, 0.5) is 5.69 Å². The minimum Gasteiger partial charge on any atom is -0.311 e. The van der Waals surface area contributed by atoms with Gasteiger partial charge in [0.05, 0.1) is 10.6 Å². The number of anilines is 1. The molecule has 28 heavy (non-hydrogen) atoms. The van der Waals surface area contributed by atoms with Gasteiger partial charge in [-0.2, -0.15) is 0 Å². The highest BCUT2D eigenvalue weighted by Gasteiger charge is 2.23. The Labute approximate surface area is 173 Å². The van der Waals surface area contributed by atoms with Gasteiger partial charge < -0.3 is 9.80 Å². The van der Waals surface area contributed by atoms with Crippen molar-refractivity contribution in [2.45, 2.75) is 49.3 Å². The zero-order chi connectivity index (χ0) is 20.1. The molecule has 0 saturated carbocycles. The number of likely N-dealkylation sites (tertiary alicyclic amines) is 1. The first-order valence-corrected chi connectivity index (χ1v) is 12.6. The van der Waals surface area contributed by atoms with E-state index in [1.54, 1.807) is 28.8 Å². The molecule has 0 aromatic heterocycles. The standard InChI is InChI=1S/C20H31N3O3S2/c1-16-6-3-10-22(15-16)11-4-9-21-28(25,26)18-7-8-20-19(14-18)23(17(2)24)12-5-13-27-20/h7-8,14,16,21H,3-6,9-13,15H2,1-2H3/t16-/m0/s1. The molecule has 2 heterocycles. The molecule has 3 rings (SSSR count). The average Bonchev–Trinajstić information content (AvgIpc) is 2.87. The lowest BCUT2D eigenvalue weighted by molar-refractivity contribution is -0.116. The third-order valence-corrected chi connectivity index (χ3v) is 7.99. The molecule has 0 unspecified atom stereocenters. The van der Waals surface area contributed by atoms with Crippen LogP contribution >= 0.6 is 11.8 Å². The second kappa shape index (κ2) is 9.61. The topological polar surface area (TPSA) is 69.7 Å². The highest BCUT2D eigenvalue weighted by Crippen LogP contribution is 2.35. The first-order chi connectivity index (χ1) is 13.4. The molecule has 156 valence electrons. The van der Waals surface area contributed by atoms with Crippen LogP contribution < -0.4 is 9.62 Å². The van der Waals surface area contributed by atoms with E-state index in [0.29, 0.717) is 18.8 Å². The fourth-order valence-corrected chi connectivity index (χ4v) is 6.00. The summed E-state index contributed by atoms with van der Waals surface area (Å²) in [6.07, 6.45) is 4.21. The van der Waals surface area contributed by atoms with E-state index in [-0.39, 0.29) is 10.8 Å². The Morgan fingerprint density at radius 1 is 1.29 bits per heavy atom. The smallest absolute Gasteiger partial charge is 0.240 e. The Hall–Kier alpha value is -1.09. The molecule has 0 spiro atoms. The van der Waals surface area contributed by atoms with Crippen molar-refractivity contribution in [3.8, 4) is 0 Å². The van der Waals surface area contributed by atoms with Gasteiger partial charge in [0.1, 0.15) is 0 Å². The largest absolute Gasteiger partial charge is 0.311 e. The third kappa shape index (κ3) is 5.49. The van der Waals surface area contributed by atoms with Gasteiger partial charge in [0, 0.05) is 31.5 Å². The molecule has 0 bridgehead atoms. The minimum absolute atomic E-state index is 0.0537. The predicted molar refractivity (Wildman–Crippen MR) is 114 cm³/mol. The number of sulfonamides is 1. The van der Waals surface area contributed by atoms with Gasteiger partial charge in [-0.25, -0.2) is 13.1 Å². The van der Waals surface area contributed by atoms with Crippen molar-refractivity contribution in [3.05, 3.63) is 18.2 Å². The quantitative estimate of drug-likeness (QED) is 0.710. The van der Waals surface area contributed by atoms with E-state index >= 15 is 0 Å². The molecular formula is C20H31N3O3S2. The lowest BCUT2D eigenvalue weighted by atomic mass is 10.0. The predicted octanol–water partition coefficient (Wildman–Crippen LogP) is 2.94. The van der Waals surface area contributed by atoms with Gasteiger partial charge >= 0.3 is 0 Å². The van der Waals surface area contributed by atoms with E-state index in [1.165, 1.54) is 19.8 Å². The summed E-state index contributed by atoms with van der Waals surface area (Å²) >= 11 is 1.67. The highest BCUT2D eigenvalue weighted by atomic mass is 32.2. The van der Waals surface area contributed by atoms with Gasteiger partial charge in [-0.15, -0.1) is 11.8 Å². The van der Waals surface area contributed by atoms with Crippen molar-refractivity contribution < 1.29 is 13.2 Å². The van der Waals surface area contributed by atoms with Gasteiger partial charge in [0.15, 0.2) is 0 Å². The Balaban J connectivity index is 1.62. The van der Waals surface area contributed by atoms with Gasteiger partial charge in [0.25, 0.3) is 0 Å². The molecule has 6 nitrogen and oxygen atoms in total. The number of piperidine rings is 1. The van der Waals surface area contributed by atoms with E-state index in [1.807, 2.05) is 6.07 Å². The van der Waals surface area contributed by atoms with Crippen molar-refractivity contribution in [2.24, 2.45) is 5.92 Å². The SMILES string of the molecule is CC(=O)N1CCCSc2ccc(S(=O)(=O)NCCCN3CCC[C@H](C)C3)cc21. The molecule has 8 heteroatoms. The van der Waals surface area contributed by atoms with Gasteiger partial charge in [0.2, 0.25) is 15.9 Å². The maximum Gasteiger partial charge on any atom is 0.240 e. The zero-order valence-electron chi connectivity index (χ0n) is 16.8.